The zero-order valence-electron chi connectivity index (χ0n) is 14.2. The van der Waals surface area contributed by atoms with E-state index < -0.39 is 0 Å². The molecule has 7 heteroatoms. The van der Waals surface area contributed by atoms with Gasteiger partial charge in [0.15, 0.2) is 0 Å². The molecule has 25 heavy (non-hydrogen) atoms. The second-order valence-corrected chi connectivity index (χ2v) is 6.09. The Balaban J connectivity index is 1.69. The molecule has 2 aromatic rings. The maximum absolute atomic E-state index is 12.9. The Labute approximate surface area is 146 Å². The molecule has 1 aliphatic rings. The van der Waals surface area contributed by atoms with Gasteiger partial charge in [-0.15, -0.1) is 0 Å². The molecule has 132 valence electrons. The van der Waals surface area contributed by atoms with Gasteiger partial charge in [0, 0.05) is 45.1 Å². The normalized spacial score (nSPS) is 16.5. The predicted octanol–water partition coefficient (Wildman–Crippen LogP) is 1.41. The van der Waals surface area contributed by atoms with Gasteiger partial charge in [-0.05, 0) is 31.2 Å². The summed E-state index contributed by atoms with van der Waals surface area (Å²) in [5, 5.41) is 9.48. The first kappa shape index (κ1) is 17.3. The summed E-state index contributed by atoms with van der Waals surface area (Å²) in [6.07, 6.45) is 4.48. The van der Waals surface area contributed by atoms with Gasteiger partial charge in [-0.1, -0.05) is 0 Å². The molecule has 1 atom stereocenters. The number of ether oxygens (including phenoxy) is 1. The minimum absolute atomic E-state index is 0.0938. The second kappa shape index (κ2) is 8.04. The molecule has 0 aliphatic carbocycles. The number of pyridine rings is 2. The first-order valence-corrected chi connectivity index (χ1v) is 8.36. The van der Waals surface area contributed by atoms with Gasteiger partial charge in [0.05, 0.1) is 12.3 Å². The van der Waals surface area contributed by atoms with E-state index in [-0.39, 0.29) is 17.9 Å². The van der Waals surface area contributed by atoms with E-state index in [0.29, 0.717) is 30.9 Å². The first-order valence-electron chi connectivity index (χ1n) is 8.36. The number of carbonyl (C=O) groups is 1. The molecule has 1 fully saturated rings. The lowest BCUT2D eigenvalue weighted by Gasteiger charge is -2.35. The van der Waals surface area contributed by atoms with Crippen molar-refractivity contribution in [2.24, 2.45) is 0 Å². The van der Waals surface area contributed by atoms with Gasteiger partial charge in [0.2, 0.25) is 5.88 Å². The van der Waals surface area contributed by atoms with Crippen molar-refractivity contribution < 1.29 is 14.6 Å². The van der Waals surface area contributed by atoms with E-state index in [4.69, 9.17) is 4.74 Å². The second-order valence-electron chi connectivity index (χ2n) is 6.09. The Kier molecular flexibility index (Phi) is 5.57. The lowest BCUT2D eigenvalue weighted by atomic mass is 10.2. The lowest BCUT2D eigenvalue weighted by molar-refractivity contribution is 0.0551. The van der Waals surface area contributed by atoms with Gasteiger partial charge in [0.1, 0.15) is 11.3 Å². The van der Waals surface area contributed by atoms with Gasteiger partial charge in [-0.3, -0.25) is 14.7 Å². The summed E-state index contributed by atoms with van der Waals surface area (Å²) in [4.78, 5) is 25.0. The van der Waals surface area contributed by atoms with Gasteiger partial charge in [-0.25, -0.2) is 4.98 Å². The lowest BCUT2D eigenvalue weighted by Crippen LogP contribution is -2.50. The molecule has 0 spiro atoms. The topological polar surface area (TPSA) is 78.8 Å². The molecule has 2 aromatic heterocycles. The third-order valence-corrected chi connectivity index (χ3v) is 4.03. The molecular weight excluding hydrogens is 320 g/mol. The maximum Gasteiger partial charge on any atom is 0.259 e. The molecular formula is C18H22N4O3. The molecule has 1 saturated heterocycles. The molecule has 3 rings (SSSR count). The quantitative estimate of drug-likeness (QED) is 0.885. The molecule has 1 amide bonds. The average molecular weight is 342 g/mol. The first-order chi connectivity index (χ1) is 12.1. The monoisotopic (exact) mass is 342 g/mol. The number of amides is 1. The van der Waals surface area contributed by atoms with E-state index in [0.717, 1.165) is 13.1 Å². The van der Waals surface area contributed by atoms with E-state index >= 15 is 0 Å². The van der Waals surface area contributed by atoms with Crippen LogP contribution in [0.1, 0.15) is 17.3 Å². The summed E-state index contributed by atoms with van der Waals surface area (Å²) in [6.45, 7) is 5.13. The van der Waals surface area contributed by atoms with Crippen LogP contribution in [-0.2, 0) is 0 Å². The number of aliphatic hydroxyl groups is 1. The highest BCUT2D eigenvalue weighted by atomic mass is 16.5. The van der Waals surface area contributed by atoms with Crippen molar-refractivity contribution in [3.8, 4) is 11.6 Å². The van der Waals surface area contributed by atoms with Crippen LogP contribution in [0.15, 0.2) is 42.9 Å². The number of aliphatic hydroxyl groups excluding tert-OH is 1. The fourth-order valence-corrected chi connectivity index (χ4v) is 2.83. The number of hydrogen-bond donors (Lipinski definition) is 1. The SMILES string of the molecule is C[C@H](O)CN1CCN(C(=O)c2cccnc2Oc2cccnc2)CC1. The number of aromatic nitrogens is 2. The van der Waals surface area contributed by atoms with Crippen molar-refractivity contribution in [2.45, 2.75) is 13.0 Å². The van der Waals surface area contributed by atoms with Crippen LogP contribution in [0.25, 0.3) is 0 Å². The third-order valence-electron chi connectivity index (χ3n) is 4.03. The van der Waals surface area contributed by atoms with Crippen LogP contribution in [0.4, 0.5) is 0 Å². The molecule has 0 unspecified atom stereocenters. The Morgan fingerprint density at radius 3 is 2.68 bits per heavy atom. The number of β-amino-alcohol motifs (C(OH)–C–C–N with tert-alkyl or cyclic N) is 1. The van der Waals surface area contributed by atoms with Gasteiger partial charge < -0.3 is 14.7 Å². The highest BCUT2D eigenvalue weighted by Gasteiger charge is 2.25. The van der Waals surface area contributed by atoms with Crippen molar-refractivity contribution >= 4 is 5.91 Å². The summed E-state index contributed by atoms with van der Waals surface area (Å²) >= 11 is 0. The highest BCUT2D eigenvalue weighted by Crippen LogP contribution is 2.23. The predicted molar refractivity (Wildman–Crippen MR) is 92.6 cm³/mol. The molecule has 1 N–H and O–H groups in total. The van der Waals surface area contributed by atoms with E-state index in [1.807, 2.05) is 0 Å². The van der Waals surface area contributed by atoms with E-state index in [1.54, 1.807) is 54.7 Å². The van der Waals surface area contributed by atoms with Crippen LogP contribution in [0.2, 0.25) is 0 Å². The largest absolute Gasteiger partial charge is 0.437 e. The van der Waals surface area contributed by atoms with E-state index in [1.165, 1.54) is 0 Å². The fourth-order valence-electron chi connectivity index (χ4n) is 2.83. The van der Waals surface area contributed by atoms with Crippen molar-refractivity contribution in [1.29, 1.82) is 0 Å². The van der Waals surface area contributed by atoms with Crippen LogP contribution in [0.5, 0.6) is 11.6 Å². The minimum atomic E-state index is -0.361. The number of hydrogen-bond acceptors (Lipinski definition) is 6. The van der Waals surface area contributed by atoms with Crippen molar-refractivity contribution in [3.05, 3.63) is 48.4 Å². The molecule has 0 bridgehead atoms. The van der Waals surface area contributed by atoms with Crippen LogP contribution in [0, 0.1) is 0 Å². The number of piperazine rings is 1. The summed E-state index contributed by atoms with van der Waals surface area (Å²) in [5.41, 5.74) is 0.440. The number of carbonyl (C=O) groups excluding carboxylic acids is 1. The molecule has 1 aliphatic heterocycles. The summed E-state index contributed by atoms with van der Waals surface area (Å²) in [6, 6.07) is 6.99. The highest BCUT2D eigenvalue weighted by molar-refractivity contribution is 5.96. The third kappa shape index (κ3) is 4.52. The smallest absolute Gasteiger partial charge is 0.259 e. The van der Waals surface area contributed by atoms with Gasteiger partial charge >= 0.3 is 0 Å². The summed E-state index contributed by atoms with van der Waals surface area (Å²) in [7, 11) is 0. The van der Waals surface area contributed by atoms with Gasteiger partial charge in [0.25, 0.3) is 5.91 Å². The summed E-state index contributed by atoms with van der Waals surface area (Å²) < 4.78 is 5.73. The van der Waals surface area contributed by atoms with Crippen LogP contribution in [0.3, 0.4) is 0 Å². The number of nitrogens with zero attached hydrogens (tertiary/aromatic N) is 4. The Morgan fingerprint density at radius 2 is 2.00 bits per heavy atom. The van der Waals surface area contributed by atoms with Gasteiger partial charge in [-0.2, -0.15) is 0 Å². The van der Waals surface area contributed by atoms with E-state index in [2.05, 4.69) is 14.9 Å². The standard InChI is InChI=1S/C18H22N4O3/c1-14(23)13-21-8-10-22(11-9-21)18(24)16-5-3-7-20-17(16)25-15-4-2-6-19-12-15/h2-7,12,14,23H,8-11,13H2,1H3/t14-/m0/s1. The number of rotatable bonds is 5. The fraction of sp³-hybridized carbons (Fsp3) is 0.389. The Bertz CT molecular complexity index is 700. The van der Waals surface area contributed by atoms with Crippen LogP contribution < -0.4 is 4.74 Å². The molecule has 7 nitrogen and oxygen atoms in total. The molecule has 0 radical (unpaired) electrons. The van der Waals surface area contributed by atoms with Crippen molar-refractivity contribution in [3.63, 3.8) is 0 Å². The minimum Gasteiger partial charge on any atom is -0.437 e. The van der Waals surface area contributed by atoms with Crippen LogP contribution >= 0.6 is 0 Å². The Hall–Kier alpha value is -2.51. The molecule has 0 aromatic carbocycles. The molecule has 3 heterocycles. The van der Waals surface area contributed by atoms with Crippen molar-refractivity contribution in [1.82, 2.24) is 19.8 Å². The Morgan fingerprint density at radius 1 is 1.24 bits per heavy atom. The zero-order valence-corrected chi connectivity index (χ0v) is 14.2. The van der Waals surface area contributed by atoms with Crippen LogP contribution in [-0.4, -0.2) is 69.6 Å². The molecule has 0 saturated carbocycles. The zero-order chi connectivity index (χ0) is 17.6. The van der Waals surface area contributed by atoms with Crippen molar-refractivity contribution in [2.75, 3.05) is 32.7 Å². The summed E-state index contributed by atoms with van der Waals surface area (Å²) in [5.74, 6) is 0.729. The van der Waals surface area contributed by atoms with E-state index in [9.17, 15) is 9.90 Å². The average Bonchev–Trinajstić information content (AvgIpc) is 2.63. The maximum atomic E-state index is 12.9.